The first kappa shape index (κ1) is 25.2. The average Bonchev–Trinajstić information content (AvgIpc) is 3.13. The molecule has 35 heavy (non-hydrogen) atoms. The zero-order valence-electron chi connectivity index (χ0n) is 18.6. The Kier molecular flexibility index (Phi) is 8.10. The van der Waals surface area contributed by atoms with Crippen molar-refractivity contribution in [1.82, 2.24) is 4.90 Å². The van der Waals surface area contributed by atoms with Gasteiger partial charge in [-0.25, -0.2) is 9.79 Å². The van der Waals surface area contributed by atoms with Gasteiger partial charge in [-0.3, -0.25) is 9.69 Å². The number of nitrogens with zero attached hydrogens (tertiary/aromatic N) is 2. The molecule has 178 valence electrons. The molecule has 0 aromatic heterocycles. The minimum absolute atomic E-state index is 0.141. The van der Waals surface area contributed by atoms with E-state index < -0.39 is 5.97 Å². The van der Waals surface area contributed by atoms with Crippen LogP contribution in [0.4, 0.5) is 5.69 Å². The van der Waals surface area contributed by atoms with Gasteiger partial charge in [-0.05, 0) is 94.3 Å². The Morgan fingerprint density at radius 1 is 1.11 bits per heavy atom. The number of carbonyl (C=O) groups excluding carboxylic acids is 1. The maximum absolute atomic E-state index is 13.0. The summed E-state index contributed by atoms with van der Waals surface area (Å²) in [5.74, 6) is -0.460. The van der Waals surface area contributed by atoms with Crippen LogP contribution in [0, 0.1) is 0 Å². The second-order valence-electron chi connectivity index (χ2n) is 7.51. The van der Waals surface area contributed by atoms with Gasteiger partial charge in [0.25, 0.3) is 5.91 Å². The van der Waals surface area contributed by atoms with Crippen LogP contribution < -0.4 is 4.74 Å². The first-order chi connectivity index (χ1) is 16.8. The van der Waals surface area contributed by atoms with E-state index in [0.29, 0.717) is 34.7 Å². The van der Waals surface area contributed by atoms with Gasteiger partial charge in [0.2, 0.25) is 0 Å². The number of amidine groups is 1. The number of hydrogen-bond donors (Lipinski definition) is 1. The van der Waals surface area contributed by atoms with Crippen molar-refractivity contribution in [1.29, 1.82) is 0 Å². The summed E-state index contributed by atoms with van der Waals surface area (Å²) < 4.78 is 7.73. The van der Waals surface area contributed by atoms with Crippen molar-refractivity contribution < 1.29 is 19.4 Å². The van der Waals surface area contributed by atoms with Crippen molar-refractivity contribution in [3.8, 4) is 5.75 Å². The summed E-state index contributed by atoms with van der Waals surface area (Å²) in [6.45, 7) is 2.76. The number of thioether (sulfide) groups is 1. The van der Waals surface area contributed by atoms with Gasteiger partial charge >= 0.3 is 5.97 Å². The predicted molar refractivity (Wildman–Crippen MR) is 146 cm³/mol. The molecule has 9 heteroatoms. The first-order valence-corrected chi connectivity index (χ1v) is 13.0. The van der Waals surface area contributed by atoms with Crippen molar-refractivity contribution in [2.45, 2.75) is 13.5 Å². The Balaban J connectivity index is 1.52. The summed E-state index contributed by atoms with van der Waals surface area (Å²) in [7, 11) is 0. The normalized spacial score (nSPS) is 15.7. The zero-order valence-corrected chi connectivity index (χ0v) is 22.6. The molecular formula is C26H20Br2N2O4S. The molecule has 0 aliphatic carbocycles. The van der Waals surface area contributed by atoms with Crippen molar-refractivity contribution in [2.75, 3.05) is 6.54 Å². The van der Waals surface area contributed by atoms with Gasteiger partial charge in [-0.1, -0.05) is 40.2 Å². The number of aromatic carboxylic acids is 1. The molecule has 1 aliphatic rings. The number of likely N-dealkylation sites (N-methyl/N-ethyl adjacent to an activating group) is 1. The van der Waals surface area contributed by atoms with Crippen LogP contribution in [0.3, 0.4) is 0 Å². The molecule has 0 radical (unpaired) electrons. The summed E-state index contributed by atoms with van der Waals surface area (Å²) in [4.78, 5) is 30.9. The minimum Gasteiger partial charge on any atom is -0.488 e. The molecule has 1 N–H and O–H groups in total. The Labute approximate surface area is 224 Å². The number of benzene rings is 3. The molecule has 1 aliphatic heterocycles. The lowest BCUT2D eigenvalue weighted by Crippen LogP contribution is -2.28. The zero-order chi connectivity index (χ0) is 24.9. The summed E-state index contributed by atoms with van der Waals surface area (Å²) in [6, 6.07) is 19.9. The quantitative estimate of drug-likeness (QED) is 0.287. The second-order valence-corrected chi connectivity index (χ2v) is 10.3. The van der Waals surface area contributed by atoms with Crippen LogP contribution in [-0.4, -0.2) is 33.6 Å². The molecule has 0 saturated carbocycles. The average molecular weight is 616 g/mol. The van der Waals surface area contributed by atoms with Gasteiger partial charge in [0.15, 0.2) is 5.17 Å². The maximum Gasteiger partial charge on any atom is 0.335 e. The number of halogens is 2. The molecule has 4 rings (SSSR count). The third-order valence-electron chi connectivity index (χ3n) is 5.08. The lowest BCUT2D eigenvalue weighted by molar-refractivity contribution is -0.122. The van der Waals surface area contributed by atoms with Crippen LogP contribution in [0.2, 0.25) is 0 Å². The number of aliphatic imine (C=N–C) groups is 1. The number of ether oxygens (including phenoxy) is 1. The van der Waals surface area contributed by atoms with E-state index in [-0.39, 0.29) is 11.5 Å². The lowest BCUT2D eigenvalue weighted by atomic mass is 10.2. The van der Waals surface area contributed by atoms with Crippen LogP contribution in [0.25, 0.3) is 6.08 Å². The molecule has 1 saturated heterocycles. The number of carboxylic acid groups (broad SMARTS) is 1. The van der Waals surface area contributed by atoms with Gasteiger partial charge in [0.1, 0.15) is 12.4 Å². The molecule has 3 aromatic rings. The molecule has 0 unspecified atom stereocenters. The maximum atomic E-state index is 13.0. The van der Waals surface area contributed by atoms with E-state index in [1.807, 2.05) is 55.5 Å². The van der Waals surface area contributed by atoms with E-state index >= 15 is 0 Å². The summed E-state index contributed by atoms with van der Waals surface area (Å²) in [5, 5.41) is 9.73. The fraction of sp³-hybridized carbons (Fsp3) is 0.115. The van der Waals surface area contributed by atoms with Crippen molar-refractivity contribution in [3.05, 3.63) is 97.3 Å². The summed E-state index contributed by atoms with van der Waals surface area (Å²) >= 11 is 8.25. The molecule has 1 fully saturated rings. The fourth-order valence-electron chi connectivity index (χ4n) is 3.31. The molecule has 0 atom stereocenters. The number of amides is 1. The molecule has 1 amide bonds. The molecule has 0 spiro atoms. The van der Waals surface area contributed by atoms with Crippen LogP contribution in [-0.2, 0) is 11.4 Å². The fourth-order valence-corrected chi connectivity index (χ4v) is 5.14. The molecule has 3 aromatic carbocycles. The number of hydrogen-bond acceptors (Lipinski definition) is 5. The Morgan fingerprint density at radius 2 is 1.89 bits per heavy atom. The van der Waals surface area contributed by atoms with Crippen LogP contribution >= 0.6 is 43.6 Å². The van der Waals surface area contributed by atoms with Crippen molar-refractivity contribution in [2.24, 2.45) is 4.99 Å². The van der Waals surface area contributed by atoms with E-state index in [4.69, 9.17) is 4.74 Å². The molecule has 1 heterocycles. The Hall–Kier alpha value is -2.88. The summed E-state index contributed by atoms with van der Waals surface area (Å²) in [6.07, 6.45) is 1.81. The van der Waals surface area contributed by atoms with Crippen LogP contribution in [0.5, 0.6) is 5.75 Å². The number of carbonyl (C=O) groups is 2. The van der Waals surface area contributed by atoms with E-state index in [2.05, 4.69) is 36.9 Å². The summed E-state index contributed by atoms with van der Waals surface area (Å²) in [5.41, 5.74) is 2.52. The van der Waals surface area contributed by atoms with E-state index in [9.17, 15) is 14.7 Å². The van der Waals surface area contributed by atoms with Crippen molar-refractivity contribution >= 4 is 72.4 Å². The van der Waals surface area contributed by atoms with Crippen LogP contribution in [0.1, 0.15) is 28.4 Å². The van der Waals surface area contributed by atoms with Gasteiger partial charge in [0.05, 0.1) is 20.6 Å². The third kappa shape index (κ3) is 6.22. The predicted octanol–water partition coefficient (Wildman–Crippen LogP) is 7.11. The Morgan fingerprint density at radius 3 is 2.57 bits per heavy atom. The first-order valence-electron chi connectivity index (χ1n) is 10.6. The highest BCUT2D eigenvalue weighted by atomic mass is 79.9. The second kappa shape index (κ2) is 11.2. The monoisotopic (exact) mass is 614 g/mol. The van der Waals surface area contributed by atoms with E-state index in [1.165, 1.54) is 23.9 Å². The van der Waals surface area contributed by atoms with Gasteiger partial charge < -0.3 is 9.84 Å². The SMILES string of the molecule is CCN1C(=O)/C(=C\c2ccc(OCc3ccc(Br)cc3)c(Br)c2)SC1=Nc1cccc(C(=O)O)c1. The van der Waals surface area contributed by atoms with Crippen LogP contribution in [0.15, 0.2) is 85.6 Å². The highest BCUT2D eigenvalue weighted by molar-refractivity contribution is 9.10. The van der Waals surface area contributed by atoms with E-state index in [0.717, 1.165) is 20.1 Å². The standard InChI is InChI=1S/C26H20Br2N2O4S/c1-2-30-24(31)23(35-26(30)29-20-5-3-4-18(14-20)25(32)33)13-17-8-11-22(21(28)12-17)34-15-16-6-9-19(27)10-7-16/h3-14H,2,15H2,1H3,(H,32,33)/b23-13+,29-26?. The highest BCUT2D eigenvalue weighted by Gasteiger charge is 2.32. The lowest BCUT2D eigenvalue weighted by Gasteiger charge is -2.12. The topological polar surface area (TPSA) is 79.2 Å². The molecule has 6 nitrogen and oxygen atoms in total. The number of rotatable bonds is 7. The van der Waals surface area contributed by atoms with Gasteiger partial charge in [-0.2, -0.15) is 0 Å². The smallest absolute Gasteiger partial charge is 0.335 e. The third-order valence-corrected chi connectivity index (χ3v) is 7.24. The minimum atomic E-state index is -1.02. The molecule has 0 bridgehead atoms. The number of carboxylic acids is 1. The van der Waals surface area contributed by atoms with Crippen molar-refractivity contribution in [3.63, 3.8) is 0 Å². The van der Waals surface area contributed by atoms with E-state index in [1.54, 1.807) is 17.0 Å². The highest BCUT2D eigenvalue weighted by Crippen LogP contribution is 2.35. The van der Waals surface area contributed by atoms with Gasteiger partial charge in [0, 0.05) is 11.0 Å². The van der Waals surface area contributed by atoms with Gasteiger partial charge in [-0.15, -0.1) is 0 Å². The Bertz CT molecular complexity index is 1340. The largest absolute Gasteiger partial charge is 0.488 e. The molecular weight excluding hydrogens is 596 g/mol.